The molecule has 0 saturated carbocycles. The first-order valence-corrected chi connectivity index (χ1v) is 9.22. The zero-order valence-corrected chi connectivity index (χ0v) is 15.7. The molecule has 1 aromatic carbocycles. The van der Waals surface area contributed by atoms with Crippen molar-refractivity contribution in [1.29, 1.82) is 0 Å². The Kier molecular flexibility index (Phi) is 4.23. The van der Waals surface area contributed by atoms with Crippen molar-refractivity contribution in [1.82, 2.24) is 19.6 Å². The van der Waals surface area contributed by atoms with Crippen LogP contribution in [0.5, 0.6) is 0 Å². The molecule has 26 heavy (non-hydrogen) atoms. The number of rotatable bonds is 3. The molecule has 2 aromatic rings. The summed E-state index contributed by atoms with van der Waals surface area (Å²) in [6, 6.07) is 6.37. The lowest BCUT2D eigenvalue weighted by Crippen LogP contribution is -2.50. The number of nitrogens with zero attached hydrogens (tertiary/aromatic N) is 4. The second-order valence-corrected chi connectivity index (χ2v) is 7.75. The molecule has 0 N–H and O–H groups in total. The Bertz CT molecular complexity index is 817. The molecule has 1 atom stereocenters. The number of hydrogen-bond donors (Lipinski definition) is 0. The van der Waals surface area contributed by atoms with Crippen LogP contribution >= 0.6 is 0 Å². The first kappa shape index (κ1) is 17.1. The molecule has 0 aliphatic carbocycles. The van der Waals surface area contributed by atoms with Crippen LogP contribution in [-0.2, 0) is 11.3 Å². The van der Waals surface area contributed by atoms with Crippen molar-refractivity contribution >= 4 is 6.09 Å². The van der Waals surface area contributed by atoms with Crippen molar-refractivity contribution in [2.45, 2.75) is 38.8 Å². The molecule has 2 aliphatic heterocycles. The molecule has 1 unspecified atom stereocenters. The van der Waals surface area contributed by atoms with E-state index in [4.69, 9.17) is 4.74 Å². The van der Waals surface area contributed by atoms with Gasteiger partial charge in [0.15, 0.2) is 0 Å². The summed E-state index contributed by atoms with van der Waals surface area (Å²) >= 11 is 0. The summed E-state index contributed by atoms with van der Waals surface area (Å²) in [5, 5.41) is 4.44. The number of likely N-dealkylation sites (N-methyl/N-ethyl adjacent to an activating group) is 1. The highest BCUT2D eigenvalue weighted by Gasteiger charge is 2.46. The van der Waals surface area contributed by atoms with Crippen LogP contribution in [0, 0.1) is 13.8 Å². The van der Waals surface area contributed by atoms with Gasteiger partial charge in [-0.3, -0.25) is 4.90 Å². The van der Waals surface area contributed by atoms with E-state index in [9.17, 15) is 4.79 Å². The number of ether oxygens (including phenoxy) is 1. The summed E-state index contributed by atoms with van der Waals surface area (Å²) in [6.45, 7) is 7.61. The standard InChI is InChI=1S/C20H26N4O2/c1-15-10-16(2)17(18(11-15)24-9-5-7-21-24)12-23-8-4-6-20(14-23)13-22(3)19(25)26-20/h5,7,9-11H,4,6,8,12-14H2,1-3H3. The van der Waals surface area contributed by atoms with Gasteiger partial charge in [-0.15, -0.1) is 0 Å². The van der Waals surface area contributed by atoms with Gasteiger partial charge in [0.2, 0.25) is 0 Å². The highest BCUT2D eigenvalue weighted by Crippen LogP contribution is 2.33. The molecule has 1 spiro atoms. The third-order valence-electron chi connectivity index (χ3n) is 5.49. The van der Waals surface area contributed by atoms with E-state index in [2.05, 4.69) is 36.0 Å². The predicted molar refractivity (Wildman–Crippen MR) is 99.4 cm³/mol. The van der Waals surface area contributed by atoms with E-state index in [0.29, 0.717) is 6.54 Å². The number of piperidine rings is 1. The van der Waals surface area contributed by atoms with Crippen molar-refractivity contribution in [2.75, 3.05) is 26.7 Å². The van der Waals surface area contributed by atoms with Gasteiger partial charge < -0.3 is 9.64 Å². The fourth-order valence-corrected chi connectivity index (χ4v) is 4.35. The molecular weight excluding hydrogens is 328 g/mol. The molecule has 2 aliphatic rings. The molecule has 0 radical (unpaired) electrons. The van der Waals surface area contributed by atoms with Gasteiger partial charge in [0.25, 0.3) is 0 Å². The topological polar surface area (TPSA) is 50.6 Å². The molecule has 6 heteroatoms. The summed E-state index contributed by atoms with van der Waals surface area (Å²) in [6.07, 6.45) is 5.59. The number of benzene rings is 1. The highest BCUT2D eigenvalue weighted by atomic mass is 16.6. The number of aromatic nitrogens is 2. The Labute approximate surface area is 154 Å². The highest BCUT2D eigenvalue weighted by molar-refractivity contribution is 5.70. The van der Waals surface area contributed by atoms with Crippen LogP contribution in [-0.4, -0.2) is 58.0 Å². The van der Waals surface area contributed by atoms with E-state index in [-0.39, 0.29) is 11.7 Å². The maximum Gasteiger partial charge on any atom is 0.410 e. The van der Waals surface area contributed by atoms with Gasteiger partial charge in [-0.2, -0.15) is 5.10 Å². The Morgan fingerprint density at radius 1 is 1.27 bits per heavy atom. The zero-order valence-electron chi connectivity index (χ0n) is 15.7. The number of carbonyl (C=O) groups is 1. The molecule has 1 amide bonds. The summed E-state index contributed by atoms with van der Waals surface area (Å²) < 4.78 is 7.69. The molecule has 1 aromatic heterocycles. The maximum absolute atomic E-state index is 11.9. The lowest BCUT2D eigenvalue weighted by Gasteiger charge is -2.38. The van der Waals surface area contributed by atoms with Gasteiger partial charge in [0.1, 0.15) is 5.60 Å². The number of amides is 1. The minimum atomic E-state index is -0.353. The second kappa shape index (κ2) is 6.43. The van der Waals surface area contributed by atoms with Gasteiger partial charge in [-0.1, -0.05) is 6.07 Å². The van der Waals surface area contributed by atoms with Gasteiger partial charge in [-0.25, -0.2) is 9.48 Å². The summed E-state index contributed by atoms with van der Waals surface area (Å²) in [5.41, 5.74) is 4.57. The van der Waals surface area contributed by atoms with Crippen molar-refractivity contribution < 1.29 is 9.53 Å². The maximum atomic E-state index is 11.9. The molecule has 0 bridgehead atoms. The average Bonchev–Trinajstić information content (AvgIpc) is 3.19. The normalized spacial score (nSPS) is 23.7. The first-order chi connectivity index (χ1) is 12.5. The summed E-state index contributed by atoms with van der Waals surface area (Å²) in [7, 11) is 1.82. The van der Waals surface area contributed by atoms with Crippen LogP contribution in [0.15, 0.2) is 30.6 Å². The fourth-order valence-electron chi connectivity index (χ4n) is 4.35. The second-order valence-electron chi connectivity index (χ2n) is 7.75. The van der Waals surface area contributed by atoms with E-state index < -0.39 is 0 Å². The van der Waals surface area contributed by atoms with Crippen LogP contribution in [0.4, 0.5) is 4.79 Å². The van der Waals surface area contributed by atoms with E-state index in [1.807, 2.05) is 30.2 Å². The SMILES string of the molecule is Cc1cc(C)c(CN2CCCC3(C2)CN(C)C(=O)O3)c(-n2cccn2)c1. The number of hydrogen-bond acceptors (Lipinski definition) is 4. The summed E-state index contributed by atoms with van der Waals surface area (Å²) in [4.78, 5) is 16.0. The quantitative estimate of drug-likeness (QED) is 0.850. The molecule has 3 heterocycles. The van der Waals surface area contributed by atoms with Crippen LogP contribution in [0.25, 0.3) is 5.69 Å². The number of carbonyl (C=O) groups excluding carboxylic acids is 1. The van der Waals surface area contributed by atoms with Crippen LogP contribution < -0.4 is 0 Å². The molecule has 4 rings (SSSR count). The van der Waals surface area contributed by atoms with Crippen molar-refractivity contribution in [3.63, 3.8) is 0 Å². The zero-order chi connectivity index (χ0) is 18.3. The third kappa shape index (κ3) is 3.09. The Hall–Kier alpha value is -2.34. The van der Waals surface area contributed by atoms with Crippen LogP contribution in [0.3, 0.4) is 0 Å². The predicted octanol–water partition coefficient (Wildman–Crippen LogP) is 2.91. The summed E-state index contributed by atoms with van der Waals surface area (Å²) in [5.74, 6) is 0. The van der Waals surface area contributed by atoms with Crippen LogP contribution in [0.1, 0.15) is 29.5 Å². The largest absolute Gasteiger partial charge is 0.440 e. The molecular formula is C20H26N4O2. The minimum absolute atomic E-state index is 0.199. The van der Waals surface area contributed by atoms with Crippen molar-refractivity contribution in [3.8, 4) is 5.69 Å². The van der Waals surface area contributed by atoms with E-state index in [1.54, 1.807) is 4.90 Å². The van der Waals surface area contributed by atoms with E-state index in [1.165, 1.54) is 16.7 Å². The molecule has 2 saturated heterocycles. The van der Waals surface area contributed by atoms with Crippen molar-refractivity contribution in [2.24, 2.45) is 0 Å². The number of likely N-dealkylation sites (tertiary alicyclic amines) is 1. The van der Waals surface area contributed by atoms with Gasteiger partial charge in [-0.05, 0) is 62.1 Å². The Balaban J connectivity index is 1.60. The lowest BCUT2D eigenvalue weighted by molar-refractivity contribution is -0.0114. The smallest absolute Gasteiger partial charge is 0.410 e. The van der Waals surface area contributed by atoms with Gasteiger partial charge >= 0.3 is 6.09 Å². The van der Waals surface area contributed by atoms with Crippen molar-refractivity contribution in [3.05, 3.63) is 47.3 Å². The number of aryl methyl sites for hydroxylation is 2. The minimum Gasteiger partial charge on any atom is -0.440 e. The Morgan fingerprint density at radius 2 is 2.12 bits per heavy atom. The molecule has 6 nitrogen and oxygen atoms in total. The van der Waals surface area contributed by atoms with Gasteiger partial charge in [0, 0.05) is 32.5 Å². The fraction of sp³-hybridized carbons (Fsp3) is 0.500. The molecule has 2 fully saturated rings. The Morgan fingerprint density at radius 3 is 2.81 bits per heavy atom. The van der Waals surface area contributed by atoms with E-state index >= 15 is 0 Å². The molecule has 138 valence electrons. The third-order valence-corrected chi connectivity index (χ3v) is 5.49. The monoisotopic (exact) mass is 354 g/mol. The van der Waals surface area contributed by atoms with E-state index in [0.717, 1.165) is 38.2 Å². The average molecular weight is 354 g/mol. The first-order valence-electron chi connectivity index (χ1n) is 9.22. The van der Waals surface area contributed by atoms with Crippen LogP contribution in [0.2, 0.25) is 0 Å². The lowest BCUT2D eigenvalue weighted by atomic mass is 9.92. The van der Waals surface area contributed by atoms with Gasteiger partial charge in [0.05, 0.1) is 12.2 Å².